The van der Waals surface area contributed by atoms with Crippen LogP contribution in [0.5, 0.6) is 0 Å². The normalized spacial score (nSPS) is 17.3. The van der Waals surface area contributed by atoms with Gasteiger partial charge in [-0.25, -0.2) is 0 Å². The van der Waals surface area contributed by atoms with Gasteiger partial charge in [0.15, 0.2) is 0 Å². The van der Waals surface area contributed by atoms with Gasteiger partial charge in [0.25, 0.3) is 0 Å². The van der Waals surface area contributed by atoms with Gasteiger partial charge in [-0.2, -0.15) is 0 Å². The quantitative estimate of drug-likeness (QED) is 0.778. The molecule has 0 bridgehead atoms. The second kappa shape index (κ2) is 8.63. The van der Waals surface area contributed by atoms with Gasteiger partial charge in [0.2, 0.25) is 17.7 Å². The van der Waals surface area contributed by atoms with Crippen LogP contribution in [0.4, 0.5) is 11.4 Å². The molecule has 0 saturated carbocycles. The van der Waals surface area contributed by atoms with Crippen molar-refractivity contribution < 1.29 is 14.4 Å². The number of rotatable bonds is 5. The number of carbonyl (C=O) groups excluding carboxylic acids is 3. The van der Waals surface area contributed by atoms with Gasteiger partial charge >= 0.3 is 0 Å². The van der Waals surface area contributed by atoms with E-state index in [1.165, 1.54) is 6.07 Å². The average Bonchev–Trinajstić information content (AvgIpc) is 3.06. The third-order valence-corrected chi connectivity index (χ3v) is 5.05. The maximum atomic E-state index is 12.5. The first kappa shape index (κ1) is 20.2. The van der Waals surface area contributed by atoms with Gasteiger partial charge in [-0.1, -0.05) is 41.4 Å². The van der Waals surface area contributed by atoms with E-state index in [0.717, 1.165) is 5.69 Å². The van der Waals surface area contributed by atoms with Crippen LogP contribution in [0.25, 0.3) is 0 Å². The van der Waals surface area contributed by atoms with Gasteiger partial charge in [-0.05, 0) is 37.3 Å². The van der Waals surface area contributed by atoms with Crippen LogP contribution < -0.4 is 15.5 Å². The summed E-state index contributed by atoms with van der Waals surface area (Å²) in [7, 11) is 0. The van der Waals surface area contributed by atoms with Crippen molar-refractivity contribution in [2.45, 2.75) is 19.4 Å². The highest BCUT2D eigenvalue weighted by Gasteiger charge is 2.36. The van der Waals surface area contributed by atoms with Crippen molar-refractivity contribution in [3.05, 3.63) is 58.6 Å². The SMILES string of the molecule is CC(NC(=O)C1CC(=O)N(c2ccccc2)C1)C(=O)Nc1ccc(Cl)cc1Cl. The molecule has 6 nitrogen and oxygen atoms in total. The summed E-state index contributed by atoms with van der Waals surface area (Å²) in [5.74, 6) is -1.38. The van der Waals surface area contributed by atoms with Gasteiger partial charge < -0.3 is 15.5 Å². The second-order valence-corrected chi connectivity index (χ2v) is 7.43. The Labute approximate surface area is 172 Å². The zero-order valence-electron chi connectivity index (χ0n) is 15.1. The number of anilines is 2. The van der Waals surface area contributed by atoms with E-state index in [0.29, 0.717) is 15.7 Å². The van der Waals surface area contributed by atoms with Crippen molar-refractivity contribution in [3.8, 4) is 0 Å². The first-order valence-corrected chi connectivity index (χ1v) is 9.52. The number of nitrogens with zero attached hydrogens (tertiary/aromatic N) is 1. The van der Waals surface area contributed by atoms with Crippen LogP contribution in [-0.4, -0.2) is 30.3 Å². The molecule has 2 aromatic carbocycles. The number of nitrogens with one attached hydrogen (secondary N) is 2. The molecular weight excluding hydrogens is 401 g/mol. The molecule has 1 heterocycles. The Balaban J connectivity index is 1.58. The highest BCUT2D eigenvalue weighted by Crippen LogP contribution is 2.26. The minimum absolute atomic E-state index is 0.109. The number of halogens is 2. The molecule has 2 unspecified atom stereocenters. The summed E-state index contributed by atoms with van der Waals surface area (Å²) >= 11 is 11.9. The molecule has 1 saturated heterocycles. The Bertz CT molecular complexity index is 905. The Hall–Kier alpha value is -2.57. The molecule has 3 amide bonds. The van der Waals surface area contributed by atoms with Gasteiger partial charge in [0.05, 0.1) is 16.6 Å². The van der Waals surface area contributed by atoms with E-state index in [4.69, 9.17) is 23.2 Å². The molecule has 28 heavy (non-hydrogen) atoms. The molecule has 2 atom stereocenters. The van der Waals surface area contributed by atoms with Gasteiger partial charge in [0.1, 0.15) is 6.04 Å². The predicted octanol–water partition coefficient (Wildman–Crippen LogP) is 3.49. The van der Waals surface area contributed by atoms with Crippen LogP contribution in [0.1, 0.15) is 13.3 Å². The summed E-state index contributed by atoms with van der Waals surface area (Å²) in [5, 5.41) is 6.08. The number of benzene rings is 2. The van der Waals surface area contributed by atoms with Crippen LogP contribution in [0.2, 0.25) is 10.0 Å². The van der Waals surface area contributed by atoms with E-state index in [1.807, 2.05) is 30.3 Å². The molecular formula is C20H19Cl2N3O3. The number of amides is 3. The number of hydrogen-bond acceptors (Lipinski definition) is 3. The third-order valence-electron chi connectivity index (χ3n) is 4.50. The number of carbonyl (C=O) groups is 3. The van der Waals surface area contributed by atoms with E-state index in [9.17, 15) is 14.4 Å². The van der Waals surface area contributed by atoms with Crippen LogP contribution >= 0.6 is 23.2 Å². The Kier molecular flexibility index (Phi) is 6.21. The van der Waals surface area contributed by atoms with Crippen LogP contribution in [-0.2, 0) is 14.4 Å². The standard InChI is InChI=1S/C20H19Cl2N3O3/c1-12(19(27)24-17-8-7-14(21)10-16(17)22)23-20(28)13-9-18(26)25(11-13)15-5-3-2-4-6-15/h2-8,10,12-13H,9,11H2,1H3,(H,23,28)(H,24,27). The lowest BCUT2D eigenvalue weighted by molar-refractivity contribution is -0.129. The molecule has 0 aromatic heterocycles. The first-order valence-electron chi connectivity index (χ1n) is 8.77. The molecule has 1 aliphatic rings. The van der Waals surface area contributed by atoms with Crippen molar-refractivity contribution in [1.82, 2.24) is 5.32 Å². The summed E-state index contributed by atoms with van der Waals surface area (Å²) in [6.07, 6.45) is 0.109. The monoisotopic (exact) mass is 419 g/mol. The van der Waals surface area contributed by atoms with Gasteiger partial charge in [0, 0.05) is 23.7 Å². The lowest BCUT2D eigenvalue weighted by atomic mass is 10.1. The zero-order valence-corrected chi connectivity index (χ0v) is 16.6. The number of hydrogen-bond donors (Lipinski definition) is 2. The van der Waals surface area contributed by atoms with Crippen molar-refractivity contribution in [2.24, 2.45) is 5.92 Å². The summed E-state index contributed by atoms with van der Waals surface area (Å²) in [6.45, 7) is 1.86. The summed E-state index contributed by atoms with van der Waals surface area (Å²) in [5.41, 5.74) is 1.16. The van der Waals surface area contributed by atoms with Crippen LogP contribution in [0.3, 0.4) is 0 Å². The third kappa shape index (κ3) is 4.64. The van der Waals surface area contributed by atoms with Crippen molar-refractivity contribution in [1.29, 1.82) is 0 Å². The Morgan fingerprint density at radius 2 is 1.86 bits per heavy atom. The largest absolute Gasteiger partial charge is 0.344 e. The molecule has 1 aliphatic heterocycles. The lowest BCUT2D eigenvalue weighted by Crippen LogP contribution is -2.44. The van der Waals surface area contributed by atoms with Gasteiger partial charge in [-0.15, -0.1) is 0 Å². The Morgan fingerprint density at radius 1 is 1.14 bits per heavy atom. The lowest BCUT2D eigenvalue weighted by Gasteiger charge is -2.18. The molecule has 0 spiro atoms. The molecule has 146 valence electrons. The zero-order chi connectivity index (χ0) is 20.3. The molecule has 1 fully saturated rings. The summed E-state index contributed by atoms with van der Waals surface area (Å²) < 4.78 is 0. The second-order valence-electron chi connectivity index (χ2n) is 6.58. The molecule has 2 N–H and O–H groups in total. The molecule has 0 radical (unpaired) electrons. The number of para-hydroxylation sites is 1. The fourth-order valence-electron chi connectivity index (χ4n) is 2.97. The van der Waals surface area contributed by atoms with Crippen molar-refractivity contribution in [2.75, 3.05) is 16.8 Å². The van der Waals surface area contributed by atoms with E-state index in [2.05, 4.69) is 10.6 Å². The maximum absolute atomic E-state index is 12.5. The summed E-state index contributed by atoms with van der Waals surface area (Å²) in [6, 6.07) is 13.1. The van der Waals surface area contributed by atoms with Crippen LogP contribution in [0.15, 0.2) is 48.5 Å². The Morgan fingerprint density at radius 3 is 2.54 bits per heavy atom. The van der Waals surface area contributed by atoms with Crippen molar-refractivity contribution >= 4 is 52.3 Å². The molecule has 3 rings (SSSR count). The summed E-state index contributed by atoms with van der Waals surface area (Å²) in [4.78, 5) is 38.7. The molecule has 2 aromatic rings. The maximum Gasteiger partial charge on any atom is 0.246 e. The topological polar surface area (TPSA) is 78.5 Å². The highest BCUT2D eigenvalue weighted by atomic mass is 35.5. The fourth-order valence-corrected chi connectivity index (χ4v) is 3.43. The molecule has 0 aliphatic carbocycles. The first-order chi connectivity index (χ1) is 13.3. The fraction of sp³-hybridized carbons (Fsp3) is 0.250. The van der Waals surface area contributed by atoms with Crippen molar-refractivity contribution in [3.63, 3.8) is 0 Å². The minimum atomic E-state index is -0.792. The van der Waals surface area contributed by atoms with Gasteiger partial charge in [-0.3, -0.25) is 14.4 Å². The van der Waals surface area contributed by atoms with E-state index >= 15 is 0 Å². The van der Waals surface area contributed by atoms with E-state index < -0.39 is 17.9 Å². The average molecular weight is 420 g/mol. The smallest absolute Gasteiger partial charge is 0.246 e. The molecule has 8 heteroatoms. The highest BCUT2D eigenvalue weighted by molar-refractivity contribution is 6.36. The minimum Gasteiger partial charge on any atom is -0.344 e. The van der Waals surface area contributed by atoms with Crippen LogP contribution in [0, 0.1) is 5.92 Å². The van der Waals surface area contributed by atoms with E-state index in [-0.39, 0.29) is 24.8 Å². The van der Waals surface area contributed by atoms with E-state index in [1.54, 1.807) is 24.0 Å². The predicted molar refractivity (Wildman–Crippen MR) is 110 cm³/mol.